The first-order valence-electron chi connectivity index (χ1n) is 8.97. The molecule has 2 aromatic carbocycles. The molecule has 2 aromatic rings. The largest absolute Gasteiger partial charge is 0.338 e. The van der Waals surface area contributed by atoms with Gasteiger partial charge in [0.05, 0.1) is 0 Å². The van der Waals surface area contributed by atoms with Crippen molar-refractivity contribution in [3.63, 3.8) is 0 Å². The van der Waals surface area contributed by atoms with E-state index in [1.165, 1.54) is 0 Å². The normalized spacial score (nSPS) is 11.1. The number of nitrogens with one attached hydrogen (secondary N) is 1. The number of aryl methyl sites for hydroxylation is 2. The minimum atomic E-state index is -1.15. The van der Waals surface area contributed by atoms with Gasteiger partial charge in [-0.1, -0.05) is 42.5 Å². The lowest BCUT2D eigenvalue weighted by molar-refractivity contribution is -0.146. The number of nitrogens with zero attached hydrogens (tertiary/aromatic N) is 1. The highest BCUT2D eigenvalue weighted by Gasteiger charge is 2.39. The monoisotopic (exact) mass is 352 g/mol. The summed E-state index contributed by atoms with van der Waals surface area (Å²) in [5.41, 5.74) is 2.69. The number of benzene rings is 2. The van der Waals surface area contributed by atoms with Crippen LogP contribution in [0.15, 0.2) is 48.5 Å². The number of carbonyl (C=O) groups excluding carboxylic acids is 2. The summed E-state index contributed by atoms with van der Waals surface area (Å²) in [5, 5.41) is 2.93. The Morgan fingerprint density at radius 1 is 1.04 bits per heavy atom. The molecule has 0 spiro atoms. The molecule has 0 saturated carbocycles. The van der Waals surface area contributed by atoms with Crippen molar-refractivity contribution in [3.05, 3.63) is 65.2 Å². The number of rotatable bonds is 6. The molecule has 4 nitrogen and oxygen atoms in total. The van der Waals surface area contributed by atoms with Crippen LogP contribution < -0.4 is 5.32 Å². The third-order valence-corrected chi connectivity index (χ3v) is 4.63. The number of amides is 2. The minimum absolute atomic E-state index is 0.174. The number of anilines is 1. The highest BCUT2D eigenvalue weighted by Crippen LogP contribution is 2.25. The molecule has 0 unspecified atom stereocenters. The number of hydrogen-bond acceptors (Lipinski definition) is 2. The maximum atomic E-state index is 13.0. The van der Waals surface area contributed by atoms with Gasteiger partial charge < -0.3 is 10.2 Å². The van der Waals surface area contributed by atoms with Gasteiger partial charge in [0.2, 0.25) is 11.8 Å². The van der Waals surface area contributed by atoms with Crippen molar-refractivity contribution < 1.29 is 9.59 Å². The first-order chi connectivity index (χ1) is 12.3. The van der Waals surface area contributed by atoms with Crippen LogP contribution in [0.5, 0.6) is 0 Å². The maximum Gasteiger partial charge on any atom is 0.239 e. The van der Waals surface area contributed by atoms with Gasteiger partial charge in [0.1, 0.15) is 5.41 Å². The van der Waals surface area contributed by atoms with Crippen LogP contribution in [0, 0.1) is 19.3 Å². The minimum Gasteiger partial charge on any atom is -0.338 e. The molecule has 2 amide bonds. The molecule has 0 aliphatic rings. The van der Waals surface area contributed by atoms with Crippen molar-refractivity contribution in [2.24, 2.45) is 5.41 Å². The molecule has 0 atom stereocenters. The summed E-state index contributed by atoms with van der Waals surface area (Å²) in [7, 11) is 0. The van der Waals surface area contributed by atoms with Gasteiger partial charge in [-0.05, 0) is 57.4 Å². The Kier molecular flexibility index (Phi) is 6.19. The van der Waals surface area contributed by atoms with E-state index in [1.807, 2.05) is 69.3 Å². The summed E-state index contributed by atoms with van der Waals surface area (Å²) in [6, 6.07) is 15.7. The Balaban J connectivity index is 2.16. The summed E-state index contributed by atoms with van der Waals surface area (Å²) in [6.45, 7) is 10.3. The van der Waals surface area contributed by atoms with Crippen molar-refractivity contribution in [1.82, 2.24) is 4.90 Å². The van der Waals surface area contributed by atoms with E-state index >= 15 is 0 Å². The van der Waals surface area contributed by atoms with Crippen LogP contribution in [0.2, 0.25) is 0 Å². The van der Waals surface area contributed by atoms with Crippen LogP contribution >= 0.6 is 0 Å². The molecule has 0 aliphatic heterocycles. The number of hydrogen-bond donors (Lipinski definition) is 1. The fourth-order valence-corrected chi connectivity index (χ4v) is 2.77. The average Bonchev–Trinajstić information content (AvgIpc) is 2.62. The lowest BCUT2D eigenvalue weighted by Gasteiger charge is -2.30. The van der Waals surface area contributed by atoms with Gasteiger partial charge in [-0.25, -0.2) is 0 Å². The van der Waals surface area contributed by atoms with Crippen molar-refractivity contribution in [1.29, 1.82) is 0 Å². The Morgan fingerprint density at radius 3 is 2.31 bits per heavy atom. The van der Waals surface area contributed by atoms with Crippen molar-refractivity contribution >= 4 is 17.5 Å². The Morgan fingerprint density at radius 2 is 1.69 bits per heavy atom. The van der Waals surface area contributed by atoms with Crippen LogP contribution in [-0.4, -0.2) is 23.3 Å². The standard InChI is InChI=1S/C22H28N2O2/c1-6-24(15-18-10-8-7-9-11-18)21(26)22(4,5)20(25)23-19-14-16(2)12-13-17(19)3/h7-14H,6,15H2,1-5H3,(H,23,25). The van der Waals surface area contributed by atoms with Gasteiger partial charge in [0.25, 0.3) is 0 Å². The predicted octanol–water partition coefficient (Wildman–Crippen LogP) is 4.32. The van der Waals surface area contributed by atoms with Gasteiger partial charge in [0.15, 0.2) is 0 Å². The van der Waals surface area contributed by atoms with Crippen LogP contribution in [0.1, 0.15) is 37.5 Å². The molecular weight excluding hydrogens is 324 g/mol. The van der Waals surface area contributed by atoms with E-state index in [4.69, 9.17) is 0 Å². The van der Waals surface area contributed by atoms with Crippen molar-refractivity contribution in [2.45, 2.75) is 41.2 Å². The van der Waals surface area contributed by atoms with Gasteiger partial charge in [0, 0.05) is 18.8 Å². The molecule has 26 heavy (non-hydrogen) atoms. The van der Waals surface area contributed by atoms with E-state index in [2.05, 4.69) is 5.32 Å². The van der Waals surface area contributed by atoms with Gasteiger partial charge >= 0.3 is 0 Å². The second-order valence-electron chi connectivity index (χ2n) is 7.20. The zero-order valence-electron chi connectivity index (χ0n) is 16.3. The molecule has 0 saturated heterocycles. The molecule has 0 heterocycles. The van der Waals surface area contributed by atoms with E-state index in [0.29, 0.717) is 13.1 Å². The Hall–Kier alpha value is -2.62. The summed E-state index contributed by atoms with van der Waals surface area (Å²) in [6.07, 6.45) is 0. The summed E-state index contributed by atoms with van der Waals surface area (Å²) in [4.78, 5) is 27.6. The van der Waals surface area contributed by atoms with E-state index in [1.54, 1.807) is 18.7 Å². The Labute approximate surface area is 156 Å². The fraction of sp³-hybridized carbons (Fsp3) is 0.364. The fourth-order valence-electron chi connectivity index (χ4n) is 2.77. The predicted molar refractivity (Wildman–Crippen MR) is 106 cm³/mol. The molecule has 0 radical (unpaired) electrons. The third-order valence-electron chi connectivity index (χ3n) is 4.63. The molecule has 0 aliphatic carbocycles. The molecule has 1 N–H and O–H groups in total. The van der Waals surface area contributed by atoms with Crippen LogP contribution in [0.3, 0.4) is 0 Å². The van der Waals surface area contributed by atoms with E-state index < -0.39 is 5.41 Å². The SMILES string of the molecule is CCN(Cc1ccccc1)C(=O)C(C)(C)C(=O)Nc1cc(C)ccc1C. The van der Waals surface area contributed by atoms with Crippen molar-refractivity contribution in [3.8, 4) is 0 Å². The second-order valence-corrected chi connectivity index (χ2v) is 7.20. The quantitative estimate of drug-likeness (QED) is 0.787. The zero-order valence-corrected chi connectivity index (χ0v) is 16.3. The lowest BCUT2D eigenvalue weighted by atomic mass is 9.89. The lowest BCUT2D eigenvalue weighted by Crippen LogP contribution is -2.47. The molecule has 4 heteroatoms. The molecule has 0 bridgehead atoms. The zero-order chi connectivity index (χ0) is 19.3. The molecule has 138 valence electrons. The second kappa shape index (κ2) is 8.17. The first kappa shape index (κ1) is 19.7. The van der Waals surface area contributed by atoms with Crippen LogP contribution in [0.4, 0.5) is 5.69 Å². The van der Waals surface area contributed by atoms with Gasteiger partial charge in [-0.15, -0.1) is 0 Å². The van der Waals surface area contributed by atoms with E-state index in [9.17, 15) is 9.59 Å². The summed E-state index contributed by atoms with van der Waals surface area (Å²) >= 11 is 0. The maximum absolute atomic E-state index is 13.0. The van der Waals surface area contributed by atoms with E-state index in [0.717, 1.165) is 22.4 Å². The third kappa shape index (κ3) is 4.51. The summed E-state index contributed by atoms with van der Waals surface area (Å²) in [5.74, 6) is -0.464. The highest BCUT2D eigenvalue weighted by atomic mass is 16.2. The average molecular weight is 352 g/mol. The van der Waals surface area contributed by atoms with Crippen LogP contribution in [-0.2, 0) is 16.1 Å². The first-order valence-corrected chi connectivity index (χ1v) is 8.97. The van der Waals surface area contributed by atoms with E-state index in [-0.39, 0.29) is 11.8 Å². The summed E-state index contributed by atoms with van der Waals surface area (Å²) < 4.78 is 0. The topological polar surface area (TPSA) is 49.4 Å². The van der Waals surface area contributed by atoms with Gasteiger partial charge in [-0.2, -0.15) is 0 Å². The molecule has 0 fully saturated rings. The highest BCUT2D eigenvalue weighted by molar-refractivity contribution is 6.10. The molecule has 0 aromatic heterocycles. The number of carbonyl (C=O) groups is 2. The Bertz CT molecular complexity index is 782. The van der Waals surface area contributed by atoms with Crippen LogP contribution in [0.25, 0.3) is 0 Å². The molecular formula is C22H28N2O2. The molecule has 2 rings (SSSR count). The smallest absolute Gasteiger partial charge is 0.239 e. The van der Waals surface area contributed by atoms with Gasteiger partial charge in [-0.3, -0.25) is 9.59 Å². The van der Waals surface area contributed by atoms with Crippen molar-refractivity contribution in [2.75, 3.05) is 11.9 Å².